The molecular formula is C18H22ClN3O3S. The third-order valence-corrected chi connectivity index (χ3v) is 5.62. The molecule has 140 valence electrons. The van der Waals surface area contributed by atoms with Crippen LogP contribution < -0.4 is 0 Å². The van der Waals surface area contributed by atoms with Crippen LogP contribution in [0.4, 0.5) is 0 Å². The molecule has 1 saturated heterocycles. The Balaban J connectivity index is 1.62. The molecule has 2 aromatic rings. The summed E-state index contributed by atoms with van der Waals surface area (Å²) in [7, 11) is 0. The lowest BCUT2D eigenvalue weighted by Crippen LogP contribution is -2.50. The number of carbonyl (C=O) groups excluding carboxylic acids is 1. The molecule has 0 aliphatic carbocycles. The molecule has 1 amide bonds. The summed E-state index contributed by atoms with van der Waals surface area (Å²) >= 11 is 7.80. The zero-order valence-electron chi connectivity index (χ0n) is 14.4. The maximum atomic E-state index is 12.5. The van der Waals surface area contributed by atoms with Gasteiger partial charge < -0.3 is 14.7 Å². The first-order valence-corrected chi connectivity index (χ1v) is 9.81. The summed E-state index contributed by atoms with van der Waals surface area (Å²) in [6.07, 6.45) is 1.23. The topological polar surface area (TPSA) is 65.9 Å². The molecular weight excluding hydrogens is 374 g/mol. The monoisotopic (exact) mass is 395 g/mol. The van der Waals surface area contributed by atoms with Gasteiger partial charge in [-0.3, -0.25) is 9.69 Å². The third kappa shape index (κ3) is 4.81. The van der Waals surface area contributed by atoms with E-state index in [-0.39, 0.29) is 19.1 Å². The van der Waals surface area contributed by atoms with Crippen molar-refractivity contribution in [1.82, 2.24) is 14.8 Å². The van der Waals surface area contributed by atoms with Crippen molar-refractivity contribution in [3.8, 4) is 0 Å². The van der Waals surface area contributed by atoms with Gasteiger partial charge in [0.05, 0.1) is 6.61 Å². The molecule has 0 spiro atoms. The molecule has 8 heteroatoms. The highest BCUT2D eigenvalue weighted by molar-refractivity contribution is 7.10. The highest BCUT2D eigenvalue weighted by Crippen LogP contribution is 2.32. The number of carbonyl (C=O) groups is 1. The van der Waals surface area contributed by atoms with E-state index in [4.69, 9.17) is 21.4 Å². The average Bonchev–Trinajstić information content (AvgIpc) is 3.18. The van der Waals surface area contributed by atoms with Crippen LogP contribution in [0.5, 0.6) is 0 Å². The summed E-state index contributed by atoms with van der Waals surface area (Å²) in [4.78, 5) is 21.6. The normalized spacial score (nSPS) is 16.6. The van der Waals surface area contributed by atoms with Gasteiger partial charge in [0.25, 0.3) is 0 Å². The Bertz CT molecular complexity index is 705. The van der Waals surface area contributed by atoms with Crippen LogP contribution in [0.15, 0.2) is 35.8 Å². The minimum Gasteiger partial charge on any atom is -0.395 e. The van der Waals surface area contributed by atoms with Gasteiger partial charge in [0.1, 0.15) is 17.9 Å². The lowest BCUT2D eigenvalue weighted by Gasteiger charge is -2.34. The van der Waals surface area contributed by atoms with E-state index in [1.165, 1.54) is 0 Å². The molecule has 2 aromatic heterocycles. The van der Waals surface area contributed by atoms with E-state index in [1.54, 1.807) is 17.5 Å². The predicted octanol–water partition coefficient (Wildman–Crippen LogP) is 2.04. The summed E-state index contributed by atoms with van der Waals surface area (Å²) in [6, 6.07) is 7.60. The molecule has 26 heavy (non-hydrogen) atoms. The summed E-state index contributed by atoms with van der Waals surface area (Å²) < 4.78 is 5.98. The second-order valence-corrected chi connectivity index (χ2v) is 7.37. The largest absolute Gasteiger partial charge is 0.395 e. The van der Waals surface area contributed by atoms with Crippen LogP contribution in [0.1, 0.15) is 16.5 Å². The maximum Gasteiger partial charge on any atom is 0.248 e. The Kier molecular flexibility index (Phi) is 6.99. The molecule has 1 fully saturated rings. The smallest absolute Gasteiger partial charge is 0.248 e. The number of hydrogen-bond donors (Lipinski definition) is 1. The van der Waals surface area contributed by atoms with Crippen LogP contribution >= 0.6 is 22.9 Å². The molecule has 3 heterocycles. The average molecular weight is 396 g/mol. The van der Waals surface area contributed by atoms with Crippen LogP contribution in [-0.2, 0) is 9.53 Å². The van der Waals surface area contributed by atoms with Crippen molar-refractivity contribution in [3.63, 3.8) is 0 Å². The first-order valence-electron chi connectivity index (χ1n) is 8.55. The van der Waals surface area contributed by atoms with E-state index < -0.39 is 6.10 Å². The fraction of sp³-hybridized carbons (Fsp3) is 0.444. The molecule has 1 N–H and O–H groups in total. The molecule has 1 unspecified atom stereocenters. The second kappa shape index (κ2) is 9.43. The number of piperazine rings is 1. The number of aliphatic hydroxyl groups excluding tert-OH is 1. The van der Waals surface area contributed by atoms with Crippen molar-refractivity contribution in [2.45, 2.75) is 6.10 Å². The number of aromatic nitrogens is 1. The highest BCUT2D eigenvalue weighted by atomic mass is 35.5. The Morgan fingerprint density at radius 3 is 2.77 bits per heavy atom. The summed E-state index contributed by atoms with van der Waals surface area (Å²) in [5.74, 6) is -0.0322. The van der Waals surface area contributed by atoms with E-state index >= 15 is 0 Å². The maximum absolute atomic E-state index is 12.5. The van der Waals surface area contributed by atoms with Crippen LogP contribution in [-0.4, -0.2) is 71.7 Å². The van der Waals surface area contributed by atoms with Crippen molar-refractivity contribution in [3.05, 3.63) is 51.4 Å². The van der Waals surface area contributed by atoms with E-state index in [9.17, 15) is 4.79 Å². The van der Waals surface area contributed by atoms with Crippen LogP contribution in [0.25, 0.3) is 0 Å². The van der Waals surface area contributed by atoms with E-state index in [2.05, 4.69) is 9.88 Å². The van der Waals surface area contributed by atoms with E-state index in [1.807, 2.05) is 34.5 Å². The molecule has 0 bridgehead atoms. The van der Waals surface area contributed by atoms with Gasteiger partial charge in [0.2, 0.25) is 5.91 Å². The van der Waals surface area contributed by atoms with E-state index in [0.29, 0.717) is 24.8 Å². The number of ether oxygens (including phenoxy) is 1. The Hall–Kier alpha value is -1.51. The zero-order chi connectivity index (χ0) is 18.4. The Morgan fingerprint density at radius 2 is 2.12 bits per heavy atom. The fourth-order valence-electron chi connectivity index (χ4n) is 2.97. The number of hydrogen-bond acceptors (Lipinski definition) is 6. The second-order valence-electron chi connectivity index (χ2n) is 6.04. The first kappa shape index (κ1) is 19.3. The number of aliphatic hydroxyl groups is 1. The van der Waals surface area contributed by atoms with Crippen LogP contribution in [0.2, 0.25) is 5.15 Å². The molecule has 3 rings (SSSR count). The SMILES string of the molecule is O=C(COC(c1cccs1)c1cccnc1Cl)N1CCN(CCO)CC1. The number of pyridine rings is 1. The first-order chi connectivity index (χ1) is 12.7. The summed E-state index contributed by atoms with van der Waals surface area (Å²) in [6.45, 7) is 3.64. The summed E-state index contributed by atoms with van der Waals surface area (Å²) in [5.41, 5.74) is 0.761. The van der Waals surface area contributed by atoms with Crippen molar-refractivity contribution < 1.29 is 14.6 Å². The number of rotatable bonds is 7. The quantitative estimate of drug-likeness (QED) is 0.727. The Labute approximate surface area is 162 Å². The molecule has 1 atom stereocenters. The van der Waals surface area contributed by atoms with E-state index in [0.717, 1.165) is 23.5 Å². The molecule has 0 aromatic carbocycles. The summed E-state index contributed by atoms with van der Waals surface area (Å²) in [5, 5.41) is 11.4. The number of β-amino-alcohol motifs (C(OH)–C–C–N with tert-alkyl or cyclic N) is 1. The van der Waals surface area contributed by atoms with Gasteiger partial charge in [-0.1, -0.05) is 23.7 Å². The van der Waals surface area contributed by atoms with Gasteiger partial charge in [-0.15, -0.1) is 11.3 Å². The Morgan fingerprint density at radius 1 is 1.31 bits per heavy atom. The molecule has 1 aliphatic rings. The number of nitrogens with zero attached hydrogens (tertiary/aromatic N) is 3. The van der Waals surface area contributed by atoms with Crippen LogP contribution in [0, 0.1) is 0 Å². The minimum atomic E-state index is -0.407. The third-order valence-electron chi connectivity index (χ3n) is 4.39. The molecule has 6 nitrogen and oxygen atoms in total. The van der Waals surface area contributed by atoms with Gasteiger partial charge in [-0.05, 0) is 17.5 Å². The van der Waals surface area contributed by atoms with Crippen molar-refractivity contribution in [1.29, 1.82) is 0 Å². The van der Waals surface area contributed by atoms with Gasteiger partial charge in [0, 0.05) is 49.4 Å². The van der Waals surface area contributed by atoms with Gasteiger partial charge in [0.15, 0.2) is 0 Å². The van der Waals surface area contributed by atoms with Gasteiger partial charge in [-0.2, -0.15) is 0 Å². The van der Waals surface area contributed by atoms with Crippen LogP contribution in [0.3, 0.4) is 0 Å². The zero-order valence-corrected chi connectivity index (χ0v) is 16.0. The fourth-order valence-corrected chi connectivity index (χ4v) is 3.98. The van der Waals surface area contributed by atoms with Crippen molar-refractivity contribution >= 4 is 28.8 Å². The number of halogens is 1. The lowest BCUT2D eigenvalue weighted by molar-refractivity contribution is -0.139. The molecule has 0 radical (unpaired) electrons. The minimum absolute atomic E-state index is 0.00616. The van der Waals surface area contributed by atoms with Gasteiger partial charge in [-0.25, -0.2) is 4.98 Å². The number of amides is 1. The van der Waals surface area contributed by atoms with Crippen molar-refractivity contribution in [2.24, 2.45) is 0 Å². The molecule has 0 saturated carbocycles. The van der Waals surface area contributed by atoms with Gasteiger partial charge >= 0.3 is 0 Å². The number of thiophene rings is 1. The lowest BCUT2D eigenvalue weighted by atomic mass is 10.1. The predicted molar refractivity (Wildman–Crippen MR) is 101 cm³/mol. The molecule has 1 aliphatic heterocycles. The standard InChI is InChI=1S/C18H22ClN3O3S/c19-18-14(3-1-5-20-18)17(15-4-2-12-26-15)25-13-16(24)22-8-6-21(7-9-22)10-11-23/h1-5,12,17,23H,6-11,13H2. The highest BCUT2D eigenvalue weighted by Gasteiger charge is 2.24. The van der Waals surface area contributed by atoms with Crippen molar-refractivity contribution in [2.75, 3.05) is 45.9 Å².